The molecule has 7 nitrogen and oxygen atoms in total. The van der Waals surface area contributed by atoms with Crippen LogP contribution in [0, 0.1) is 6.92 Å². The second-order valence-corrected chi connectivity index (χ2v) is 13.8. The first-order valence-electron chi connectivity index (χ1n) is 14.4. The van der Waals surface area contributed by atoms with Crippen molar-refractivity contribution >= 4 is 62.3 Å². The molecule has 236 valence electrons. The summed E-state index contributed by atoms with van der Waals surface area (Å²) in [5, 5.41) is 3.79. The van der Waals surface area contributed by atoms with Crippen molar-refractivity contribution in [1.29, 1.82) is 0 Å². The SMILES string of the molecule is CCCNC(=O)C(Cc1ccccc1)N(Cc1cccc(Cl)c1)C(=O)CN(c1cc(Cl)cc(Cl)c1)S(=O)(=O)c1ccc(C)cc1. The molecule has 0 bridgehead atoms. The summed E-state index contributed by atoms with van der Waals surface area (Å²) in [7, 11) is -4.28. The van der Waals surface area contributed by atoms with Gasteiger partial charge >= 0.3 is 0 Å². The number of rotatable bonds is 13. The van der Waals surface area contributed by atoms with Gasteiger partial charge in [0.2, 0.25) is 11.8 Å². The molecule has 0 aromatic heterocycles. The summed E-state index contributed by atoms with van der Waals surface area (Å²) in [6.07, 6.45) is 0.903. The molecule has 4 aromatic carbocycles. The molecule has 45 heavy (non-hydrogen) atoms. The summed E-state index contributed by atoms with van der Waals surface area (Å²) in [6, 6.07) is 26.0. The van der Waals surface area contributed by atoms with Gasteiger partial charge in [-0.2, -0.15) is 0 Å². The van der Waals surface area contributed by atoms with Gasteiger partial charge in [0.05, 0.1) is 10.6 Å². The second kappa shape index (κ2) is 15.6. The van der Waals surface area contributed by atoms with Gasteiger partial charge in [-0.25, -0.2) is 8.42 Å². The summed E-state index contributed by atoms with van der Waals surface area (Å²) in [4.78, 5) is 29.6. The first-order valence-corrected chi connectivity index (χ1v) is 17.0. The molecule has 0 saturated carbocycles. The maximum Gasteiger partial charge on any atom is 0.264 e. The topological polar surface area (TPSA) is 86.8 Å². The highest BCUT2D eigenvalue weighted by molar-refractivity contribution is 7.92. The smallest absolute Gasteiger partial charge is 0.264 e. The van der Waals surface area contributed by atoms with Crippen molar-refractivity contribution in [2.75, 3.05) is 17.4 Å². The van der Waals surface area contributed by atoms with Crippen LogP contribution >= 0.6 is 34.8 Å². The molecule has 1 unspecified atom stereocenters. The van der Waals surface area contributed by atoms with E-state index in [-0.39, 0.29) is 39.5 Å². The zero-order valence-corrected chi connectivity index (χ0v) is 28.0. The van der Waals surface area contributed by atoms with Crippen molar-refractivity contribution in [2.45, 2.75) is 44.2 Å². The Bertz CT molecular complexity index is 1720. The number of hydrogen-bond acceptors (Lipinski definition) is 4. The monoisotopic (exact) mass is 685 g/mol. The first kappa shape index (κ1) is 34.3. The van der Waals surface area contributed by atoms with Gasteiger partial charge in [-0.1, -0.05) is 102 Å². The highest BCUT2D eigenvalue weighted by Gasteiger charge is 2.34. The van der Waals surface area contributed by atoms with E-state index in [2.05, 4.69) is 5.32 Å². The lowest BCUT2D eigenvalue weighted by Crippen LogP contribution is -2.53. The lowest BCUT2D eigenvalue weighted by atomic mass is 10.0. The minimum atomic E-state index is -4.28. The van der Waals surface area contributed by atoms with Crippen LogP contribution in [0.5, 0.6) is 0 Å². The Labute approximate surface area is 279 Å². The van der Waals surface area contributed by atoms with Crippen LogP contribution in [0.25, 0.3) is 0 Å². The fourth-order valence-electron chi connectivity index (χ4n) is 4.80. The number of nitrogens with zero attached hydrogens (tertiary/aromatic N) is 2. The Hall–Kier alpha value is -3.56. The van der Waals surface area contributed by atoms with Gasteiger partial charge < -0.3 is 10.2 Å². The molecule has 0 spiro atoms. The number of carbonyl (C=O) groups excluding carboxylic acids is 2. The van der Waals surface area contributed by atoms with Crippen LogP contribution < -0.4 is 9.62 Å². The molecule has 0 saturated heterocycles. The molecule has 1 N–H and O–H groups in total. The van der Waals surface area contributed by atoms with E-state index in [9.17, 15) is 18.0 Å². The number of amides is 2. The molecule has 0 heterocycles. The number of aryl methyl sites for hydroxylation is 1. The van der Waals surface area contributed by atoms with Gasteiger partial charge in [0, 0.05) is 34.6 Å². The largest absolute Gasteiger partial charge is 0.354 e. The van der Waals surface area contributed by atoms with E-state index in [1.807, 2.05) is 44.2 Å². The quantitative estimate of drug-likeness (QED) is 0.160. The third-order valence-corrected chi connectivity index (χ3v) is 9.55. The molecule has 0 radical (unpaired) electrons. The summed E-state index contributed by atoms with van der Waals surface area (Å²) in [6.45, 7) is 3.58. The zero-order chi connectivity index (χ0) is 32.6. The van der Waals surface area contributed by atoms with E-state index in [4.69, 9.17) is 34.8 Å². The van der Waals surface area contributed by atoms with Crippen molar-refractivity contribution in [1.82, 2.24) is 10.2 Å². The molecule has 1 atom stereocenters. The van der Waals surface area contributed by atoms with Gasteiger partial charge in [-0.3, -0.25) is 13.9 Å². The molecule has 4 rings (SSSR count). The van der Waals surface area contributed by atoms with Crippen LogP contribution in [-0.4, -0.2) is 44.3 Å². The maximum absolute atomic E-state index is 14.5. The highest BCUT2D eigenvalue weighted by atomic mass is 35.5. The van der Waals surface area contributed by atoms with Crippen LogP contribution in [0.4, 0.5) is 5.69 Å². The molecular weight excluding hydrogens is 653 g/mol. The fraction of sp³-hybridized carbons (Fsp3) is 0.235. The fourth-order valence-corrected chi connectivity index (χ4v) is 6.93. The van der Waals surface area contributed by atoms with E-state index in [1.165, 1.54) is 35.2 Å². The normalized spacial score (nSPS) is 11.9. The van der Waals surface area contributed by atoms with Gasteiger partial charge in [0.25, 0.3) is 10.0 Å². The number of benzene rings is 4. The minimum absolute atomic E-state index is 0.00512. The molecule has 0 aliphatic rings. The van der Waals surface area contributed by atoms with E-state index in [0.717, 1.165) is 15.4 Å². The van der Waals surface area contributed by atoms with E-state index >= 15 is 0 Å². The van der Waals surface area contributed by atoms with Gasteiger partial charge in [0.15, 0.2) is 0 Å². The molecule has 11 heteroatoms. The van der Waals surface area contributed by atoms with E-state index < -0.39 is 28.5 Å². The summed E-state index contributed by atoms with van der Waals surface area (Å²) >= 11 is 18.9. The number of hydrogen-bond donors (Lipinski definition) is 1. The van der Waals surface area contributed by atoms with Crippen LogP contribution in [-0.2, 0) is 32.6 Å². The lowest BCUT2D eigenvalue weighted by Gasteiger charge is -2.34. The standard InChI is InChI=1S/C34H34Cl3N3O4S/c1-3-16-38-34(42)32(18-25-8-5-4-6-9-25)39(22-26-10-7-11-27(35)17-26)33(41)23-40(30-20-28(36)19-29(37)21-30)45(43,44)31-14-12-24(2)13-15-31/h4-15,17,19-21,32H,3,16,18,22-23H2,1-2H3,(H,38,42). The van der Waals surface area contributed by atoms with Gasteiger partial charge in [-0.15, -0.1) is 0 Å². The number of carbonyl (C=O) groups is 2. The maximum atomic E-state index is 14.5. The Morgan fingerprint density at radius 1 is 0.800 bits per heavy atom. The van der Waals surface area contributed by atoms with E-state index in [0.29, 0.717) is 23.6 Å². The molecule has 0 fully saturated rings. The number of anilines is 1. The molecule has 4 aromatic rings. The Kier molecular flexibility index (Phi) is 11.9. The van der Waals surface area contributed by atoms with Crippen molar-refractivity contribution in [3.63, 3.8) is 0 Å². The molecule has 0 aliphatic carbocycles. The Morgan fingerprint density at radius 2 is 1.44 bits per heavy atom. The van der Waals surface area contributed by atoms with E-state index in [1.54, 1.807) is 36.4 Å². The molecule has 2 amide bonds. The first-order chi connectivity index (χ1) is 21.5. The van der Waals surface area contributed by atoms with Gasteiger partial charge in [0.1, 0.15) is 12.6 Å². The predicted molar refractivity (Wildman–Crippen MR) is 181 cm³/mol. The summed E-state index contributed by atoms with van der Waals surface area (Å²) in [5.41, 5.74) is 2.50. The number of sulfonamides is 1. The predicted octanol–water partition coefficient (Wildman–Crippen LogP) is 7.32. The minimum Gasteiger partial charge on any atom is -0.354 e. The second-order valence-electron chi connectivity index (χ2n) is 10.6. The van der Waals surface area contributed by atoms with Crippen LogP contribution in [0.3, 0.4) is 0 Å². The third kappa shape index (κ3) is 9.23. The zero-order valence-electron chi connectivity index (χ0n) is 24.9. The lowest BCUT2D eigenvalue weighted by molar-refractivity contribution is -0.140. The van der Waals surface area contributed by atoms with Gasteiger partial charge in [-0.05, 0) is 66.9 Å². The van der Waals surface area contributed by atoms with Crippen molar-refractivity contribution in [2.24, 2.45) is 0 Å². The number of nitrogens with one attached hydrogen (secondary N) is 1. The molecular formula is C34H34Cl3N3O4S. The van der Waals surface area contributed by atoms with Crippen molar-refractivity contribution < 1.29 is 18.0 Å². The number of halogens is 3. The molecule has 0 aliphatic heterocycles. The van der Waals surface area contributed by atoms with Crippen LogP contribution in [0.1, 0.15) is 30.0 Å². The van der Waals surface area contributed by atoms with Crippen LogP contribution in [0.2, 0.25) is 15.1 Å². The Balaban J connectivity index is 1.82. The average molecular weight is 687 g/mol. The van der Waals surface area contributed by atoms with Crippen molar-refractivity contribution in [3.05, 3.63) is 129 Å². The van der Waals surface area contributed by atoms with Crippen LogP contribution in [0.15, 0.2) is 102 Å². The average Bonchev–Trinajstić information content (AvgIpc) is 3.00. The summed E-state index contributed by atoms with van der Waals surface area (Å²) in [5.74, 6) is -0.954. The van der Waals surface area contributed by atoms with Crippen molar-refractivity contribution in [3.8, 4) is 0 Å². The summed E-state index contributed by atoms with van der Waals surface area (Å²) < 4.78 is 29.3. The Morgan fingerprint density at radius 3 is 2.07 bits per heavy atom. The highest BCUT2D eigenvalue weighted by Crippen LogP contribution is 2.30. The third-order valence-electron chi connectivity index (χ3n) is 7.09.